The number of carbonyl (C=O) groups is 5. The fraction of sp³-hybridized carbons (Fsp3) is 0.853. The summed E-state index contributed by atoms with van der Waals surface area (Å²) in [6.45, 7) is 0. The molecule has 4 rings (SSSR count). The van der Waals surface area contributed by atoms with Crippen molar-refractivity contribution in [1.82, 2.24) is 0 Å². The van der Waals surface area contributed by atoms with Crippen LogP contribution in [0.5, 0.6) is 0 Å². The first-order valence-corrected chi connectivity index (χ1v) is 17.1. The summed E-state index contributed by atoms with van der Waals surface area (Å²) in [5.74, 6) is -4.45. The van der Waals surface area contributed by atoms with Gasteiger partial charge in [-0.15, -0.1) is 0 Å². The molecule has 0 aromatic heterocycles. The summed E-state index contributed by atoms with van der Waals surface area (Å²) in [5.41, 5.74) is 0. The Morgan fingerprint density at radius 1 is 0.510 bits per heavy atom. The number of aldehydes is 1. The Morgan fingerprint density at radius 2 is 0.745 bits per heavy atom. The van der Waals surface area contributed by atoms with Gasteiger partial charge >= 0.3 is 53.4 Å². The summed E-state index contributed by atoms with van der Waals surface area (Å²) in [5, 5.41) is 17.2. The number of rotatable bonds is 8. The summed E-state index contributed by atoms with van der Waals surface area (Å²) in [6, 6.07) is 0. The Morgan fingerprint density at radius 3 is 0.941 bits per heavy atom. The molecule has 17 heteroatoms. The zero-order valence-corrected chi connectivity index (χ0v) is 31.7. The van der Waals surface area contributed by atoms with Crippen molar-refractivity contribution in [2.45, 2.75) is 122 Å². The van der Waals surface area contributed by atoms with E-state index in [0.717, 1.165) is 32.0 Å². The van der Waals surface area contributed by atoms with E-state index in [0.29, 0.717) is 77.0 Å². The smallest absolute Gasteiger partial charge is 0.870 e. The average molecular weight is 759 g/mol. The van der Waals surface area contributed by atoms with Gasteiger partial charge in [0.25, 0.3) is 0 Å². The van der Waals surface area contributed by atoms with Crippen LogP contribution in [0, 0.1) is 47.3 Å². The predicted octanol–water partition coefficient (Wildman–Crippen LogP) is 4.51. The van der Waals surface area contributed by atoms with Crippen LogP contribution in [0.3, 0.4) is 0 Å². The van der Waals surface area contributed by atoms with E-state index in [4.69, 9.17) is 10.2 Å². The van der Waals surface area contributed by atoms with Crippen LogP contribution >= 0.6 is 0 Å². The van der Waals surface area contributed by atoms with Crippen molar-refractivity contribution >= 4 is 30.2 Å². The van der Waals surface area contributed by atoms with Gasteiger partial charge in [0.15, 0.2) is 0 Å². The molecule has 0 bridgehead atoms. The Balaban J connectivity index is 0. The normalized spacial score (nSPS) is 28.7. The van der Waals surface area contributed by atoms with Crippen molar-refractivity contribution in [1.29, 1.82) is 0 Å². The molecule has 10 nitrogen and oxygen atoms in total. The fourth-order valence-electron chi connectivity index (χ4n) is 6.67. The molecule has 3 N–H and O–H groups in total. The molecule has 0 spiro atoms. The van der Waals surface area contributed by atoms with Crippen molar-refractivity contribution in [2.75, 3.05) is 14.2 Å². The number of carboxylic acids is 2. The zero-order chi connectivity index (χ0) is 37.1. The molecule has 0 aromatic carbocycles. The number of carbonyl (C=O) groups excluding carboxylic acids is 3. The van der Waals surface area contributed by atoms with E-state index in [9.17, 15) is 50.3 Å². The summed E-state index contributed by atoms with van der Waals surface area (Å²) < 4.78 is 82.0. The number of hydrogen-bond acceptors (Lipinski definition) is 8. The van der Waals surface area contributed by atoms with Gasteiger partial charge in [0.05, 0.1) is 37.9 Å². The Labute approximate surface area is 317 Å². The second-order valence-corrected chi connectivity index (χ2v) is 13.3. The van der Waals surface area contributed by atoms with Gasteiger partial charge in [-0.2, -0.15) is 0 Å². The van der Waals surface area contributed by atoms with Gasteiger partial charge in [-0.25, -0.2) is 26.3 Å². The first-order valence-electron chi connectivity index (χ1n) is 17.1. The quantitative estimate of drug-likeness (QED) is 0.155. The van der Waals surface area contributed by atoms with Gasteiger partial charge in [-0.1, -0.05) is 0 Å². The van der Waals surface area contributed by atoms with Crippen LogP contribution < -0.4 is 29.6 Å². The van der Waals surface area contributed by atoms with Gasteiger partial charge in [0, 0.05) is 23.7 Å². The summed E-state index contributed by atoms with van der Waals surface area (Å²) in [4.78, 5) is 53.4. The molecule has 0 saturated heterocycles. The van der Waals surface area contributed by atoms with E-state index in [2.05, 4.69) is 9.47 Å². The zero-order valence-electron chi connectivity index (χ0n) is 29.7. The molecule has 0 amide bonds. The number of esters is 2. The molecule has 4 saturated carbocycles. The molecule has 0 aliphatic heterocycles. The molecule has 0 heterocycles. The molecular formula is C34H53F6NaO10. The first-order chi connectivity index (χ1) is 23.1. The van der Waals surface area contributed by atoms with Gasteiger partial charge < -0.3 is 30.0 Å². The van der Waals surface area contributed by atoms with E-state index in [1.54, 1.807) is 0 Å². The predicted molar refractivity (Wildman–Crippen MR) is 167 cm³/mol. The maximum absolute atomic E-state index is 12.2. The average Bonchev–Trinajstić information content (AvgIpc) is 3.11. The van der Waals surface area contributed by atoms with Crippen molar-refractivity contribution in [2.24, 2.45) is 47.3 Å². The SMILES string of the molecule is COC(=O)C1CCC(C(F)F)CC1.COC(=O)C1CCC(C=O)CC1.O=C(O)C1CCC(C(F)F)CC1.O=C(O)C1CCC(C(F)F)CC1.[Na+].[OH-]. The summed E-state index contributed by atoms with van der Waals surface area (Å²) >= 11 is 0. The number of hydrogen-bond donors (Lipinski definition) is 2. The number of methoxy groups -OCH3 is 2. The summed E-state index contributed by atoms with van der Waals surface area (Å²) in [6.07, 6.45) is 2.50. The number of alkyl halides is 6. The van der Waals surface area contributed by atoms with Gasteiger partial charge in [-0.05, 0) is 103 Å². The van der Waals surface area contributed by atoms with Crippen molar-refractivity contribution in [3.8, 4) is 0 Å². The number of ether oxygens (including phenoxy) is 2. The second-order valence-electron chi connectivity index (χ2n) is 13.3. The van der Waals surface area contributed by atoms with Crippen LogP contribution in [0.2, 0.25) is 0 Å². The molecular weight excluding hydrogens is 705 g/mol. The molecule has 4 aliphatic rings. The van der Waals surface area contributed by atoms with Crippen molar-refractivity contribution in [3.05, 3.63) is 0 Å². The third kappa shape index (κ3) is 19.7. The van der Waals surface area contributed by atoms with E-state index in [-0.39, 0.29) is 76.6 Å². The van der Waals surface area contributed by atoms with Crippen LogP contribution in [0.15, 0.2) is 0 Å². The molecule has 0 aromatic rings. The van der Waals surface area contributed by atoms with E-state index < -0.39 is 49.0 Å². The molecule has 0 unspecified atom stereocenters. The molecule has 51 heavy (non-hydrogen) atoms. The number of halogens is 6. The van der Waals surface area contributed by atoms with Crippen LogP contribution in [0.25, 0.3) is 0 Å². The van der Waals surface area contributed by atoms with E-state index in [1.807, 2.05) is 0 Å². The van der Waals surface area contributed by atoms with Crippen LogP contribution in [0.4, 0.5) is 26.3 Å². The Hall–Kier alpha value is -1.91. The molecule has 0 atom stereocenters. The third-order valence-electron chi connectivity index (χ3n) is 10.1. The van der Waals surface area contributed by atoms with Crippen LogP contribution in [-0.4, -0.2) is 79.3 Å². The summed E-state index contributed by atoms with van der Waals surface area (Å²) in [7, 11) is 2.75. The topological polar surface area (TPSA) is 174 Å². The standard InChI is InChI=1S/C9H14F2O2.C9H14O3.2C8H12F2O2.Na.H2O/c1-13-9(12)7-4-2-6(3-5-7)8(10)11;1-12-9(11)8-4-2-7(6-10)3-5-8;2*9-7(10)5-1-3-6(4-2-5)8(11)12;;/h6-8H,2-5H2,1H3;6-8H,2-5H2,1H3;2*5-7H,1-4H2,(H,11,12);;1H2/q;;;;+1;/p-1. The minimum atomic E-state index is -2.28. The maximum Gasteiger partial charge on any atom is 1.00 e. The largest absolute Gasteiger partial charge is 1.00 e. The molecule has 0 radical (unpaired) electrons. The Bertz CT molecular complexity index is 954. The molecule has 4 aliphatic carbocycles. The van der Waals surface area contributed by atoms with Crippen molar-refractivity contribution < 1.29 is 105 Å². The van der Waals surface area contributed by atoms with Gasteiger partial charge in [0.1, 0.15) is 6.29 Å². The minimum Gasteiger partial charge on any atom is -0.870 e. The second kappa shape index (κ2) is 27.7. The van der Waals surface area contributed by atoms with Gasteiger partial charge in [0.2, 0.25) is 19.3 Å². The molecule has 4 fully saturated rings. The van der Waals surface area contributed by atoms with Gasteiger partial charge in [-0.3, -0.25) is 19.2 Å². The Kier molecular flexibility index (Phi) is 27.8. The monoisotopic (exact) mass is 758 g/mol. The fourth-order valence-corrected chi connectivity index (χ4v) is 6.67. The number of aliphatic carboxylic acids is 2. The third-order valence-corrected chi connectivity index (χ3v) is 10.1. The van der Waals surface area contributed by atoms with Crippen molar-refractivity contribution in [3.63, 3.8) is 0 Å². The number of carboxylic acid groups (broad SMARTS) is 2. The first kappa shape index (κ1) is 51.2. The van der Waals surface area contributed by atoms with Crippen LogP contribution in [0.1, 0.15) is 103 Å². The van der Waals surface area contributed by atoms with Crippen LogP contribution in [-0.2, 0) is 33.4 Å². The maximum atomic E-state index is 12.2. The molecule has 292 valence electrons. The van der Waals surface area contributed by atoms with E-state index >= 15 is 0 Å². The van der Waals surface area contributed by atoms with E-state index in [1.165, 1.54) is 14.2 Å². The minimum absolute atomic E-state index is 0.